The average Bonchev–Trinajstić information content (AvgIpc) is 3.05. The van der Waals surface area contributed by atoms with Crippen molar-refractivity contribution < 1.29 is 57.3 Å². The van der Waals surface area contributed by atoms with Crippen molar-refractivity contribution in [2.45, 2.75) is 50.8 Å². The number of hydrogen-bond donors (Lipinski definition) is 0. The highest BCUT2D eigenvalue weighted by Gasteiger charge is 2.46. The number of carbonyl (C=O) groups excluding carboxylic acids is 1. The average molecular weight is 517 g/mol. The maximum absolute atomic E-state index is 11.4. The molecule has 0 radical (unpaired) electrons. The first-order chi connectivity index (χ1) is 14.3. The Morgan fingerprint density at radius 1 is 1.09 bits per heavy atom. The monoisotopic (exact) mass is 517 g/mol. The molecule has 0 aliphatic carbocycles. The molecule has 1 heterocycles. The minimum absolute atomic E-state index is 0.323. The van der Waals surface area contributed by atoms with Crippen molar-refractivity contribution in [2.24, 2.45) is 0 Å². The first-order valence-corrected chi connectivity index (χ1v) is 11.5. The number of carbonyl (C=O) groups is 1. The standard InChI is InChI=1S/C13H21N2O2.C2F6NO4S2/c1-4-5-6-14-7-8-15(11-14)9-10-17-13(16)12(2)3;3-1(4,5)14(10,11)9-15(12,13)2(6,7)8/h7-8,11H,2,4-6,9-10H2,1,3H3;/q+1;-1. The summed E-state index contributed by atoms with van der Waals surface area (Å²) in [5.41, 5.74) is -12.0. The van der Waals surface area contributed by atoms with E-state index in [9.17, 15) is 48.0 Å². The van der Waals surface area contributed by atoms with Crippen LogP contribution in [0, 0.1) is 0 Å². The topological polar surface area (TPSA) is 117 Å². The summed E-state index contributed by atoms with van der Waals surface area (Å²) in [6, 6.07) is 0. The molecule has 32 heavy (non-hydrogen) atoms. The van der Waals surface area contributed by atoms with Crippen molar-refractivity contribution in [3.05, 3.63) is 35.0 Å². The number of unbranched alkanes of at least 4 members (excludes halogenated alkanes) is 1. The third kappa shape index (κ3) is 9.99. The predicted molar refractivity (Wildman–Crippen MR) is 98.6 cm³/mol. The van der Waals surface area contributed by atoms with Crippen LogP contribution in [-0.4, -0.2) is 45.0 Å². The number of aryl methyl sites for hydroxylation is 1. The van der Waals surface area contributed by atoms with E-state index in [2.05, 4.69) is 18.1 Å². The lowest BCUT2D eigenvalue weighted by atomic mass is 10.3. The van der Waals surface area contributed by atoms with Gasteiger partial charge in [-0.05, 0) is 13.3 Å². The Hall–Kier alpha value is -2.14. The molecule has 0 aromatic carbocycles. The van der Waals surface area contributed by atoms with E-state index < -0.39 is 31.1 Å². The minimum atomic E-state index is -6.72. The van der Waals surface area contributed by atoms with E-state index in [1.807, 2.05) is 23.3 Å². The number of nitrogens with zero attached hydrogens (tertiary/aromatic N) is 3. The maximum Gasteiger partial charge on any atom is 0.480 e. The number of rotatable bonds is 9. The Bertz CT molecular complexity index is 942. The van der Waals surface area contributed by atoms with Gasteiger partial charge in [0.2, 0.25) is 6.33 Å². The van der Waals surface area contributed by atoms with Crippen molar-refractivity contribution in [1.29, 1.82) is 0 Å². The summed E-state index contributed by atoms with van der Waals surface area (Å²) in [5.74, 6) is -0.323. The molecular weight excluding hydrogens is 496 g/mol. The SMILES string of the molecule is C=C(C)C(=O)OCCn1cc[n+](CCCC)c1.O=S(=O)([N-]S(=O)(=O)C(F)(F)F)C(F)(F)F. The number of esters is 1. The molecule has 9 nitrogen and oxygen atoms in total. The van der Waals surface area contributed by atoms with Crippen molar-refractivity contribution in [3.8, 4) is 0 Å². The molecule has 1 aromatic rings. The zero-order chi connectivity index (χ0) is 25.4. The number of hydrogen-bond acceptors (Lipinski definition) is 6. The predicted octanol–water partition coefficient (Wildman–Crippen LogP) is 2.75. The second kappa shape index (κ2) is 11.6. The van der Waals surface area contributed by atoms with Gasteiger partial charge in [-0.3, -0.25) is 0 Å². The summed E-state index contributed by atoms with van der Waals surface area (Å²) < 4.78 is 118. The number of alkyl halides is 6. The van der Waals surface area contributed by atoms with Crippen LogP contribution in [0.5, 0.6) is 0 Å². The Balaban J connectivity index is 0.000000607. The van der Waals surface area contributed by atoms with E-state index in [-0.39, 0.29) is 5.97 Å². The van der Waals surface area contributed by atoms with Crippen LogP contribution in [-0.2, 0) is 42.7 Å². The second-order valence-electron chi connectivity index (χ2n) is 6.08. The molecule has 0 N–H and O–H groups in total. The highest BCUT2D eigenvalue weighted by atomic mass is 32.3. The van der Waals surface area contributed by atoms with Gasteiger partial charge in [-0.2, -0.15) is 26.3 Å². The summed E-state index contributed by atoms with van der Waals surface area (Å²) in [5, 5.41) is 0. The van der Waals surface area contributed by atoms with Crippen LogP contribution in [0.2, 0.25) is 0 Å². The van der Waals surface area contributed by atoms with E-state index in [4.69, 9.17) is 4.74 Å². The quantitative estimate of drug-likeness (QED) is 0.215. The second-order valence-corrected chi connectivity index (χ2v) is 9.50. The molecule has 0 unspecified atom stereocenters. The van der Waals surface area contributed by atoms with Gasteiger partial charge in [0, 0.05) is 5.57 Å². The first-order valence-electron chi connectivity index (χ1n) is 8.58. The van der Waals surface area contributed by atoms with Gasteiger partial charge in [0.15, 0.2) is 20.0 Å². The molecule has 0 saturated carbocycles. The van der Waals surface area contributed by atoms with Gasteiger partial charge in [-0.25, -0.2) is 30.8 Å². The fraction of sp³-hybridized carbons (Fsp3) is 0.600. The Morgan fingerprint density at radius 2 is 1.59 bits per heavy atom. The molecule has 0 spiro atoms. The van der Waals surface area contributed by atoms with Crippen molar-refractivity contribution >= 4 is 26.0 Å². The van der Waals surface area contributed by atoms with Crippen molar-refractivity contribution in [3.63, 3.8) is 0 Å². The molecule has 186 valence electrons. The molecule has 0 aliphatic rings. The van der Waals surface area contributed by atoms with Gasteiger partial charge in [0.25, 0.3) is 0 Å². The fourth-order valence-electron chi connectivity index (χ4n) is 1.62. The van der Waals surface area contributed by atoms with Crippen molar-refractivity contribution in [2.75, 3.05) is 6.61 Å². The molecule has 0 fully saturated rings. The van der Waals surface area contributed by atoms with Crippen LogP contribution in [0.15, 0.2) is 30.9 Å². The lowest BCUT2D eigenvalue weighted by molar-refractivity contribution is -0.696. The molecule has 0 saturated heterocycles. The zero-order valence-corrected chi connectivity index (χ0v) is 18.5. The Kier molecular flexibility index (Phi) is 10.9. The van der Waals surface area contributed by atoms with E-state index in [1.54, 1.807) is 6.92 Å². The molecule has 0 aliphatic heterocycles. The summed E-state index contributed by atoms with van der Waals surface area (Å²) >= 11 is 0. The number of sulfonamides is 2. The van der Waals surface area contributed by atoms with E-state index >= 15 is 0 Å². The highest BCUT2D eigenvalue weighted by molar-refractivity contribution is 8.13. The summed E-state index contributed by atoms with van der Waals surface area (Å²) in [7, 11) is -13.4. The van der Waals surface area contributed by atoms with Gasteiger partial charge in [0.1, 0.15) is 25.5 Å². The molecule has 1 rings (SSSR count). The van der Waals surface area contributed by atoms with E-state index in [0.29, 0.717) is 18.7 Å². The first kappa shape index (κ1) is 29.9. The number of aromatic nitrogens is 2. The minimum Gasteiger partial charge on any atom is -0.458 e. The van der Waals surface area contributed by atoms with Crippen LogP contribution in [0.1, 0.15) is 26.7 Å². The molecule has 0 bridgehead atoms. The lowest BCUT2D eigenvalue weighted by Gasteiger charge is -2.22. The number of halogens is 6. The van der Waals surface area contributed by atoms with Crippen LogP contribution < -0.4 is 4.57 Å². The fourth-order valence-corrected chi connectivity index (χ4v) is 3.33. The van der Waals surface area contributed by atoms with Gasteiger partial charge >= 0.3 is 17.0 Å². The maximum atomic E-state index is 11.4. The molecule has 0 atom stereocenters. The summed E-state index contributed by atoms with van der Waals surface area (Å²) in [4.78, 5) is 11.1. The van der Waals surface area contributed by atoms with Crippen LogP contribution >= 0.6 is 0 Å². The van der Waals surface area contributed by atoms with Crippen LogP contribution in [0.4, 0.5) is 26.3 Å². The van der Waals surface area contributed by atoms with E-state index in [0.717, 1.165) is 10.7 Å². The number of imidazole rings is 1. The third-order valence-corrected chi connectivity index (χ3v) is 5.97. The lowest BCUT2D eigenvalue weighted by Crippen LogP contribution is -2.30. The Morgan fingerprint density at radius 3 is 2.00 bits per heavy atom. The zero-order valence-electron chi connectivity index (χ0n) is 16.9. The largest absolute Gasteiger partial charge is 0.480 e. The third-order valence-electron chi connectivity index (χ3n) is 3.23. The normalized spacial score (nSPS) is 12.6. The van der Waals surface area contributed by atoms with Gasteiger partial charge in [-0.15, -0.1) is 0 Å². The van der Waals surface area contributed by atoms with Crippen LogP contribution in [0.3, 0.4) is 0 Å². The number of ether oxygens (including phenoxy) is 1. The van der Waals surface area contributed by atoms with Gasteiger partial charge < -0.3 is 8.86 Å². The Labute approximate surface area is 180 Å². The molecule has 0 amide bonds. The van der Waals surface area contributed by atoms with Gasteiger partial charge in [0.05, 0.1) is 6.54 Å². The smallest absolute Gasteiger partial charge is 0.458 e. The van der Waals surface area contributed by atoms with E-state index in [1.165, 1.54) is 12.8 Å². The van der Waals surface area contributed by atoms with Crippen molar-refractivity contribution in [1.82, 2.24) is 4.57 Å². The van der Waals surface area contributed by atoms with Gasteiger partial charge in [-0.1, -0.05) is 19.9 Å². The molecular formula is C15H21F6N3O6S2. The van der Waals surface area contributed by atoms with Crippen LogP contribution in [0.25, 0.3) is 4.13 Å². The summed E-state index contributed by atoms with van der Waals surface area (Å²) in [6.07, 6.45) is 8.43. The molecule has 1 aromatic heterocycles. The molecule has 17 heteroatoms. The highest BCUT2D eigenvalue weighted by Crippen LogP contribution is 2.36. The summed E-state index contributed by atoms with van der Waals surface area (Å²) in [6.45, 7) is 9.46.